The molecule has 3 N–H and O–H groups in total. The Morgan fingerprint density at radius 1 is 1.06 bits per heavy atom. The monoisotopic (exact) mass is 479 g/mol. The van der Waals surface area contributed by atoms with E-state index in [9.17, 15) is 5.11 Å². The Balaban J connectivity index is 1.51. The summed E-state index contributed by atoms with van der Waals surface area (Å²) >= 11 is 8.35. The Hall–Kier alpha value is -2.74. The Morgan fingerprint density at radius 2 is 1.85 bits per heavy atom. The molecule has 8 heteroatoms. The maximum absolute atomic E-state index is 9.57. The lowest BCUT2D eigenvalue weighted by molar-refractivity contribution is 0.229. The summed E-state index contributed by atoms with van der Waals surface area (Å²) in [7, 11) is 0. The Bertz CT molecular complexity index is 1220. The van der Waals surface area contributed by atoms with Crippen LogP contribution < -0.4 is 10.6 Å². The van der Waals surface area contributed by atoms with Crippen LogP contribution in [0.25, 0.3) is 20.8 Å². The van der Waals surface area contributed by atoms with Gasteiger partial charge in [-0.25, -0.2) is 9.97 Å². The van der Waals surface area contributed by atoms with E-state index in [0.717, 1.165) is 45.6 Å². The van der Waals surface area contributed by atoms with Gasteiger partial charge in [-0.05, 0) is 49.8 Å². The van der Waals surface area contributed by atoms with Crippen LogP contribution in [0.4, 0.5) is 11.8 Å². The number of aliphatic hydroxyl groups is 1. The third kappa shape index (κ3) is 4.81. The highest BCUT2D eigenvalue weighted by Crippen LogP contribution is 2.40. The zero-order chi connectivity index (χ0) is 22.8. The Morgan fingerprint density at radius 3 is 2.61 bits per heavy atom. The maximum Gasteiger partial charge on any atom is 0.226 e. The quantitative estimate of drug-likeness (QED) is 0.275. The highest BCUT2D eigenvalue weighted by atomic mass is 35.5. The van der Waals surface area contributed by atoms with Gasteiger partial charge in [0.1, 0.15) is 16.0 Å². The first-order valence-corrected chi connectivity index (χ1v) is 12.4. The lowest BCUT2D eigenvalue weighted by Crippen LogP contribution is -2.19. The minimum atomic E-state index is 0.0219. The van der Waals surface area contributed by atoms with Crippen molar-refractivity contribution in [1.82, 2.24) is 15.0 Å². The van der Waals surface area contributed by atoms with Gasteiger partial charge in [-0.2, -0.15) is 4.98 Å². The Labute approximate surface area is 202 Å². The van der Waals surface area contributed by atoms with Crippen LogP contribution in [0.15, 0.2) is 54.6 Å². The van der Waals surface area contributed by atoms with E-state index in [1.54, 1.807) is 11.3 Å². The number of aliphatic hydroxyl groups excluding tert-OH is 1. The van der Waals surface area contributed by atoms with Gasteiger partial charge in [-0.1, -0.05) is 54.1 Å². The first-order valence-electron chi connectivity index (χ1n) is 11.2. The van der Waals surface area contributed by atoms with E-state index >= 15 is 0 Å². The molecule has 1 aliphatic carbocycles. The van der Waals surface area contributed by atoms with Crippen LogP contribution in [0.3, 0.4) is 0 Å². The second-order valence-corrected chi connectivity index (χ2v) is 9.92. The molecule has 0 unspecified atom stereocenters. The van der Waals surface area contributed by atoms with Gasteiger partial charge in [0.25, 0.3) is 0 Å². The van der Waals surface area contributed by atoms with Crippen molar-refractivity contribution in [2.45, 2.75) is 38.3 Å². The van der Waals surface area contributed by atoms with E-state index in [1.165, 1.54) is 0 Å². The van der Waals surface area contributed by atoms with E-state index in [0.29, 0.717) is 22.8 Å². The number of nitrogens with one attached hydrogen (secondary N) is 2. The largest absolute Gasteiger partial charge is 0.396 e. The van der Waals surface area contributed by atoms with Gasteiger partial charge >= 0.3 is 0 Å². The number of rotatable bonds is 7. The average Bonchev–Trinajstić information content (AvgIpc) is 3.46. The molecule has 170 valence electrons. The number of aromatic nitrogens is 3. The number of anilines is 2. The first kappa shape index (κ1) is 22.1. The third-order valence-electron chi connectivity index (χ3n) is 6.16. The normalized spacial score (nSPS) is 19.0. The van der Waals surface area contributed by atoms with Crippen molar-refractivity contribution in [2.24, 2.45) is 5.92 Å². The van der Waals surface area contributed by atoms with Crippen molar-refractivity contribution in [1.29, 1.82) is 0 Å². The topological polar surface area (TPSA) is 83.0 Å². The van der Waals surface area contributed by atoms with E-state index in [1.807, 2.05) is 36.4 Å². The molecule has 6 nitrogen and oxygen atoms in total. The van der Waals surface area contributed by atoms with Crippen molar-refractivity contribution >= 4 is 44.9 Å². The highest BCUT2D eigenvalue weighted by molar-refractivity contribution is 7.21. The van der Waals surface area contributed by atoms with E-state index in [4.69, 9.17) is 21.6 Å². The minimum absolute atomic E-state index is 0.0219. The highest BCUT2D eigenvalue weighted by Gasteiger charge is 2.27. The summed E-state index contributed by atoms with van der Waals surface area (Å²) in [6, 6.07) is 18.5. The molecule has 0 amide bonds. The summed E-state index contributed by atoms with van der Waals surface area (Å²) in [6.45, 7) is 2.29. The van der Waals surface area contributed by atoms with Crippen LogP contribution in [0.1, 0.15) is 37.8 Å². The van der Waals surface area contributed by atoms with E-state index in [2.05, 4.69) is 40.7 Å². The summed E-state index contributed by atoms with van der Waals surface area (Å²) in [5.41, 5.74) is 2.80. The number of benzene rings is 2. The predicted octanol–water partition coefficient (Wildman–Crippen LogP) is 6.15. The van der Waals surface area contributed by atoms with Crippen molar-refractivity contribution < 1.29 is 5.11 Å². The molecule has 0 saturated heterocycles. The molecule has 2 aromatic carbocycles. The number of hydrogen-bond acceptors (Lipinski definition) is 7. The number of halogens is 1. The van der Waals surface area contributed by atoms with Gasteiger partial charge in [0, 0.05) is 12.6 Å². The summed E-state index contributed by atoms with van der Waals surface area (Å²) in [5.74, 6) is 1.47. The zero-order valence-electron chi connectivity index (χ0n) is 18.3. The van der Waals surface area contributed by atoms with Crippen molar-refractivity contribution in [3.05, 3.63) is 65.3 Å². The van der Waals surface area contributed by atoms with Crippen LogP contribution in [0, 0.1) is 5.92 Å². The molecule has 0 bridgehead atoms. The summed E-state index contributed by atoms with van der Waals surface area (Å²) in [4.78, 5) is 14.2. The average molecular weight is 480 g/mol. The van der Waals surface area contributed by atoms with Crippen LogP contribution >= 0.6 is 22.9 Å². The SMILES string of the molecule is C[C@@H](Nc1nc(Cl)c(-c2nc3ccccc3s2)c(N[C@H]2CC[C@@H](CO)C2)n1)c1ccccc1. The number of fused-ring (bicyclic) bond motifs is 1. The third-order valence-corrected chi connectivity index (χ3v) is 7.49. The van der Waals surface area contributed by atoms with Crippen LogP contribution in [-0.4, -0.2) is 32.7 Å². The summed E-state index contributed by atoms with van der Waals surface area (Å²) in [5, 5.41) is 17.7. The van der Waals surface area contributed by atoms with Gasteiger partial charge < -0.3 is 15.7 Å². The van der Waals surface area contributed by atoms with Crippen molar-refractivity contribution in [2.75, 3.05) is 17.2 Å². The number of para-hydroxylation sites is 1. The second kappa shape index (κ2) is 9.63. The zero-order valence-corrected chi connectivity index (χ0v) is 19.9. The molecule has 3 atom stereocenters. The first-order chi connectivity index (χ1) is 16.1. The van der Waals surface area contributed by atoms with Crippen LogP contribution in [0.5, 0.6) is 0 Å². The molecular weight excluding hydrogens is 454 g/mol. The maximum atomic E-state index is 9.57. The Kier molecular flexibility index (Phi) is 6.44. The number of thiazole rings is 1. The molecule has 1 saturated carbocycles. The minimum Gasteiger partial charge on any atom is -0.396 e. The standard InChI is InChI=1S/C25H26ClN5OS/c1-15(17-7-3-2-4-8-17)27-25-30-22(26)21(24-29-19-9-5-6-10-20(19)33-24)23(31-25)28-18-12-11-16(13-18)14-32/h2-10,15-16,18,32H,11-14H2,1H3,(H2,27,28,30,31)/t15-,16-,18+/m1/s1. The molecule has 0 spiro atoms. The van der Waals surface area contributed by atoms with E-state index < -0.39 is 0 Å². The molecule has 0 radical (unpaired) electrons. The molecule has 2 heterocycles. The van der Waals surface area contributed by atoms with Crippen LogP contribution in [0.2, 0.25) is 5.15 Å². The molecule has 1 fully saturated rings. The molecule has 4 aromatic rings. The molecule has 5 rings (SSSR count). The smallest absolute Gasteiger partial charge is 0.226 e. The molecular formula is C25H26ClN5OS. The van der Waals surface area contributed by atoms with Gasteiger partial charge in [-0.15, -0.1) is 11.3 Å². The summed E-state index contributed by atoms with van der Waals surface area (Å²) in [6.07, 6.45) is 2.88. The predicted molar refractivity (Wildman–Crippen MR) is 136 cm³/mol. The van der Waals surface area contributed by atoms with Crippen molar-refractivity contribution in [3.63, 3.8) is 0 Å². The van der Waals surface area contributed by atoms with Gasteiger partial charge in [0.05, 0.1) is 21.8 Å². The fourth-order valence-corrected chi connectivity index (χ4v) is 5.68. The van der Waals surface area contributed by atoms with Gasteiger partial charge in [0.2, 0.25) is 5.95 Å². The van der Waals surface area contributed by atoms with E-state index in [-0.39, 0.29) is 18.7 Å². The fourth-order valence-electron chi connectivity index (χ4n) is 4.35. The lowest BCUT2D eigenvalue weighted by Gasteiger charge is -2.19. The van der Waals surface area contributed by atoms with Gasteiger partial charge in [-0.3, -0.25) is 0 Å². The second-order valence-electron chi connectivity index (χ2n) is 8.53. The molecule has 0 aliphatic heterocycles. The number of nitrogens with zero attached hydrogens (tertiary/aromatic N) is 3. The molecule has 2 aromatic heterocycles. The van der Waals surface area contributed by atoms with Gasteiger partial charge in [0.15, 0.2) is 0 Å². The van der Waals surface area contributed by atoms with Crippen LogP contribution in [-0.2, 0) is 0 Å². The lowest BCUT2D eigenvalue weighted by atomic mass is 10.1. The van der Waals surface area contributed by atoms with Crippen molar-refractivity contribution in [3.8, 4) is 10.6 Å². The number of hydrogen-bond donors (Lipinski definition) is 3. The summed E-state index contributed by atoms with van der Waals surface area (Å²) < 4.78 is 1.09. The molecule has 33 heavy (non-hydrogen) atoms. The molecule has 1 aliphatic rings. The fraction of sp³-hybridized carbons (Fsp3) is 0.320.